The van der Waals surface area contributed by atoms with Crippen LogP contribution < -0.4 is 0 Å². The molecule has 3 rings (SSSR count). The van der Waals surface area contributed by atoms with Gasteiger partial charge in [-0.25, -0.2) is 4.98 Å². The highest BCUT2D eigenvalue weighted by Crippen LogP contribution is 2.25. The van der Waals surface area contributed by atoms with Gasteiger partial charge in [-0.1, -0.05) is 18.2 Å². The summed E-state index contributed by atoms with van der Waals surface area (Å²) in [5.74, 6) is 0.611. The molecule has 0 unspecified atom stereocenters. The summed E-state index contributed by atoms with van der Waals surface area (Å²) in [4.78, 5) is 18.5. The van der Waals surface area contributed by atoms with Crippen LogP contribution >= 0.6 is 0 Å². The average molecular weight is 266 g/mol. The summed E-state index contributed by atoms with van der Waals surface area (Å²) in [5.41, 5.74) is 2.08. The van der Waals surface area contributed by atoms with Crippen LogP contribution in [0.4, 0.5) is 0 Å². The lowest BCUT2D eigenvalue weighted by Gasteiger charge is -2.13. The van der Waals surface area contributed by atoms with Crippen molar-refractivity contribution in [3.05, 3.63) is 54.3 Å². The third-order valence-corrected chi connectivity index (χ3v) is 3.13. The fraction of sp³-hybridized carbons (Fsp3) is 0.125. The Bertz CT molecular complexity index is 761. The van der Waals surface area contributed by atoms with Gasteiger partial charge in [-0.3, -0.25) is 4.79 Å². The molecule has 3 aromatic rings. The number of furan rings is 1. The molecular weight excluding hydrogens is 252 g/mol. The first-order chi connectivity index (χ1) is 9.66. The maximum atomic E-state index is 12.3. The Morgan fingerprint density at radius 2 is 1.95 bits per heavy atom. The fourth-order valence-electron chi connectivity index (χ4n) is 2.14. The molecule has 2 aromatic heterocycles. The van der Waals surface area contributed by atoms with E-state index >= 15 is 0 Å². The molecule has 0 aliphatic rings. The number of carbonyl (C=O) groups is 1. The van der Waals surface area contributed by atoms with E-state index in [0.29, 0.717) is 17.0 Å². The molecule has 1 amide bonds. The molecule has 0 aliphatic carbocycles. The van der Waals surface area contributed by atoms with Crippen LogP contribution in [0.1, 0.15) is 10.4 Å². The van der Waals surface area contributed by atoms with Crippen molar-refractivity contribution in [2.75, 3.05) is 14.1 Å². The third-order valence-electron chi connectivity index (χ3n) is 3.13. The molecule has 0 radical (unpaired) electrons. The van der Waals surface area contributed by atoms with Gasteiger partial charge in [-0.2, -0.15) is 0 Å². The van der Waals surface area contributed by atoms with Gasteiger partial charge in [0.25, 0.3) is 5.91 Å². The molecule has 20 heavy (non-hydrogen) atoms. The van der Waals surface area contributed by atoms with Crippen LogP contribution in [0.3, 0.4) is 0 Å². The van der Waals surface area contributed by atoms with E-state index in [9.17, 15) is 4.79 Å². The van der Waals surface area contributed by atoms with Gasteiger partial charge >= 0.3 is 0 Å². The number of rotatable bonds is 2. The predicted molar refractivity (Wildman–Crippen MR) is 77.5 cm³/mol. The van der Waals surface area contributed by atoms with Gasteiger partial charge in [-0.05, 0) is 24.3 Å². The van der Waals surface area contributed by atoms with Crippen LogP contribution in [0.5, 0.6) is 0 Å². The number of pyridine rings is 1. The predicted octanol–water partition coefficient (Wildman–Crippen LogP) is 3.20. The van der Waals surface area contributed by atoms with E-state index in [1.807, 2.05) is 30.3 Å². The first-order valence-corrected chi connectivity index (χ1v) is 6.32. The lowest BCUT2D eigenvalue weighted by Crippen LogP contribution is -2.22. The van der Waals surface area contributed by atoms with Crippen LogP contribution in [0, 0.1) is 0 Å². The van der Waals surface area contributed by atoms with Gasteiger partial charge in [0.2, 0.25) is 0 Å². The van der Waals surface area contributed by atoms with E-state index in [1.165, 1.54) is 0 Å². The highest BCUT2D eigenvalue weighted by Gasteiger charge is 2.15. The second-order valence-electron chi connectivity index (χ2n) is 4.75. The number of amides is 1. The highest BCUT2D eigenvalue weighted by atomic mass is 16.3. The largest absolute Gasteiger partial charge is 0.463 e. The maximum Gasteiger partial charge on any atom is 0.254 e. The summed E-state index contributed by atoms with van der Waals surface area (Å²) in [5, 5.41) is 0.849. The van der Waals surface area contributed by atoms with E-state index in [2.05, 4.69) is 4.98 Å². The third kappa shape index (κ3) is 2.05. The molecule has 0 bridgehead atoms. The van der Waals surface area contributed by atoms with Gasteiger partial charge in [0.15, 0.2) is 5.76 Å². The summed E-state index contributed by atoms with van der Waals surface area (Å²) in [6, 6.07) is 13.0. The van der Waals surface area contributed by atoms with Crippen molar-refractivity contribution in [3.63, 3.8) is 0 Å². The van der Waals surface area contributed by atoms with E-state index in [0.717, 1.165) is 10.9 Å². The van der Waals surface area contributed by atoms with E-state index in [4.69, 9.17) is 4.42 Å². The second kappa shape index (κ2) is 4.81. The van der Waals surface area contributed by atoms with E-state index < -0.39 is 0 Å². The van der Waals surface area contributed by atoms with E-state index in [-0.39, 0.29) is 5.91 Å². The zero-order chi connectivity index (χ0) is 14.1. The molecule has 4 nitrogen and oxygen atoms in total. The molecular formula is C16H14N2O2. The number of hydrogen-bond acceptors (Lipinski definition) is 3. The molecule has 1 aromatic carbocycles. The minimum absolute atomic E-state index is 0.0450. The first kappa shape index (κ1) is 12.4. The molecule has 0 spiro atoms. The van der Waals surface area contributed by atoms with Gasteiger partial charge < -0.3 is 9.32 Å². The number of carbonyl (C=O) groups excluding carboxylic acids is 1. The Hall–Kier alpha value is -2.62. The van der Waals surface area contributed by atoms with Crippen LogP contribution in [-0.4, -0.2) is 29.9 Å². The Morgan fingerprint density at radius 1 is 1.15 bits per heavy atom. The quantitative estimate of drug-likeness (QED) is 0.715. The summed E-state index contributed by atoms with van der Waals surface area (Å²) in [7, 11) is 3.48. The van der Waals surface area contributed by atoms with Crippen LogP contribution in [0.2, 0.25) is 0 Å². The highest BCUT2D eigenvalue weighted by molar-refractivity contribution is 6.06. The van der Waals surface area contributed by atoms with Crippen LogP contribution in [-0.2, 0) is 0 Å². The van der Waals surface area contributed by atoms with Crippen molar-refractivity contribution in [3.8, 4) is 11.5 Å². The smallest absolute Gasteiger partial charge is 0.254 e. The molecule has 0 atom stereocenters. The number of fused-ring (bicyclic) bond motifs is 1. The fourth-order valence-corrected chi connectivity index (χ4v) is 2.14. The minimum atomic E-state index is -0.0450. The van der Waals surface area contributed by atoms with Gasteiger partial charge in [0.1, 0.15) is 5.69 Å². The minimum Gasteiger partial charge on any atom is -0.463 e. The van der Waals surface area contributed by atoms with Crippen molar-refractivity contribution < 1.29 is 9.21 Å². The molecule has 0 saturated heterocycles. The Kier molecular flexibility index (Phi) is 2.99. The lowest BCUT2D eigenvalue weighted by atomic mass is 10.1. The number of hydrogen-bond donors (Lipinski definition) is 0. The summed E-state index contributed by atoms with van der Waals surface area (Å²) < 4.78 is 5.38. The number of nitrogens with zero attached hydrogens (tertiary/aromatic N) is 2. The average Bonchev–Trinajstić information content (AvgIpc) is 2.99. The summed E-state index contributed by atoms with van der Waals surface area (Å²) >= 11 is 0. The van der Waals surface area contributed by atoms with E-state index in [1.54, 1.807) is 37.4 Å². The lowest BCUT2D eigenvalue weighted by molar-refractivity contribution is 0.0829. The summed E-state index contributed by atoms with van der Waals surface area (Å²) in [6.07, 6.45) is 1.60. The first-order valence-electron chi connectivity index (χ1n) is 6.32. The number of aromatic nitrogens is 1. The maximum absolute atomic E-state index is 12.3. The van der Waals surface area contributed by atoms with Gasteiger partial charge in [0.05, 0.1) is 17.3 Å². The Labute approximate surface area is 116 Å². The molecule has 100 valence electrons. The molecule has 0 N–H and O–H groups in total. The van der Waals surface area contributed by atoms with Crippen molar-refractivity contribution in [1.29, 1.82) is 0 Å². The van der Waals surface area contributed by atoms with Gasteiger partial charge in [0, 0.05) is 19.5 Å². The summed E-state index contributed by atoms with van der Waals surface area (Å²) in [6.45, 7) is 0. The zero-order valence-electron chi connectivity index (χ0n) is 11.3. The Morgan fingerprint density at radius 3 is 2.65 bits per heavy atom. The Balaban J connectivity index is 2.28. The van der Waals surface area contributed by atoms with Gasteiger partial charge in [-0.15, -0.1) is 0 Å². The molecule has 0 aliphatic heterocycles. The molecule has 2 heterocycles. The van der Waals surface area contributed by atoms with Crippen LogP contribution in [0.25, 0.3) is 22.4 Å². The molecule has 4 heteroatoms. The second-order valence-corrected chi connectivity index (χ2v) is 4.75. The van der Waals surface area contributed by atoms with Crippen molar-refractivity contribution >= 4 is 16.8 Å². The standard InChI is InChI=1S/C16H14N2O2/c1-18(2)16(19)12-10-14(15-8-5-9-20-15)17-13-7-4-3-6-11(12)13/h3-10H,1-2H3. The number of para-hydroxylation sites is 1. The normalized spacial score (nSPS) is 10.7. The molecule has 0 fully saturated rings. The molecule has 0 saturated carbocycles. The monoisotopic (exact) mass is 266 g/mol. The topological polar surface area (TPSA) is 46.3 Å². The van der Waals surface area contributed by atoms with Crippen LogP contribution in [0.15, 0.2) is 53.1 Å². The number of benzene rings is 1. The van der Waals surface area contributed by atoms with Crippen molar-refractivity contribution in [2.45, 2.75) is 0 Å². The zero-order valence-corrected chi connectivity index (χ0v) is 11.3. The SMILES string of the molecule is CN(C)C(=O)c1cc(-c2ccco2)nc2ccccc12. The van der Waals surface area contributed by atoms with Crippen molar-refractivity contribution in [1.82, 2.24) is 9.88 Å². The van der Waals surface area contributed by atoms with Crippen molar-refractivity contribution in [2.24, 2.45) is 0 Å².